The van der Waals surface area contributed by atoms with Gasteiger partial charge in [0.25, 0.3) is 5.91 Å². The summed E-state index contributed by atoms with van der Waals surface area (Å²) in [5.41, 5.74) is 2.67. The number of amides is 1. The van der Waals surface area contributed by atoms with Gasteiger partial charge in [-0.15, -0.1) is 5.10 Å². The van der Waals surface area contributed by atoms with Gasteiger partial charge in [0.15, 0.2) is 5.69 Å². The minimum Gasteiger partial charge on any atom is -0.344 e. The van der Waals surface area contributed by atoms with Gasteiger partial charge in [0.2, 0.25) is 0 Å². The van der Waals surface area contributed by atoms with E-state index < -0.39 is 0 Å². The van der Waals surface area contributed by atoms with E-state index in [0.717, 1.165) is 24.8 Å². The third kappa shape index (κ3) is 2.11. The zero-order chi connectivity index (χ0) is 13.4. The summed E-state index contributed by atoms with van der Waals surface area (Å²) in [6.07, 6.45) is 6.46. The van der Waals surface area contributed by atoms with Crippen molar-refractivity contribution in [1.82, 2.24) is 30.1 Å². The Balaban J connectivity index is 1.79. The van der Waals surface area contributed by atoms with Crippen molar-refractivity contribution >= 4 is 5.91 Å². The van der Waals surface area contributed by atoms with Crippen molar-refractivity contribution in [3.8, 4) is 0 Å². The minimum atomic E-state index is -0.185. The first-order chi connectivity index (χ1) is 9.15. The van der Waals surface area contributed by atoms with Crippen LogP contribution in [0.1, 0.15) is 40.6 Å². The molecule has 1 amide bonds. The van der Waals surface area contributed by atoms with Crippen LogP contribution in [-0.4, -0.2) is 30.7 Å². The Labute approximate surface area is 110 Å². The molecule has 3 rings (SSSR count). The van der Waals surface area contributed by atoms with Crippen LogP contribution in [0.3, 0.4) is 0 Å². The van der Waals surface area contributed by atoms with Crippen molar-refractivity contribution in [2.45, 2.75) is 25.3 Å². The van der Waals surface area contributed by atoms with E-state index in [1.54, 1.807) is 13.2 Å². The van der Waals surface area contributed by atoms with Gasteiger partial charge in [-0.25, -0.2) is 0 Å². The summed E-state index contributed by atoms with van der Waals surface area (Å²) >= 11 is 0. The van der Waals surface area contributed by atoms with Gasteiger partial charge in [-0.3, -0.25) is 14.2 Å². The number of aryl methyl sites for hydroxylation is 2. The zero-order valence-corrected chi connectivity index (χ0v) is 11.0. The SMILES string of the molecule is Cn1cc(C(=O)NC2CCCc3c2cnn3C)nn1. The summed E-state index contributed by atoms with van der Waals surface area (Å²) in [4.78, 5) is 12.1. The monoisotopic (exact) mass is 260 g/mol. The third-order valence-corrected chi connectivity index (χ3v) is 3.52. The molecule has 19 heavy (non-hydrogen) atoms. The molecule has 0 radical (unpaired) electrons. The molecule has 0 bridgehead atoms. The van der Waals surface area contributed by atoms with Gasteiger partial charge < -0.3 is 5.32 Å². The Morgan fingerprint density at radius 2 is 2.32 bits per heavy atom. The first-order valence-corrected chi connectivity index (χ1v) is 6.33. The molecule has 0 spiro atoms. The van der Waals surface area contributed by atoms with Crippen LogP contribution in [0.4, 0.5) is 0 Å². The fourth-order valence-corrected chi connectivity index (χ4v) is 2.54. The van der Waals surface area contributed by atoms with E-state index in [0.29, 0.717) is 5.69 Å². The summed E-state index contributed by atoms with van der Waals surface area (Å²) in [5, 5.41) is 14.9. The fraction of sp³-hybridized carbons (Fsp3) is 0.500. The summed E-state index contributed by atoms with van der Waals surface area (Å²) in [6.45, 7) is 0. The lowest BCUT2D eigenvalue weighted by atomic mass is 9.93. The average Bonchev–Trinajstić information content (AvgIpc) is 2.98. The topological polar surface area (TPSA) is 77.6 Å². The molecule has 2 aromatic heterocycles. The molecule has 0 saturated heterocycles. The highest BCUT2D eigenvalue weighted by Gasteiger charge is 2.25. The van der Waals surface area contributed by atoms with Crippen LogP contribution < -0.4 is 5.32 Å². The molecule has 2 aromatic rings. The second-order valence-electron chi connectivity index (χ2n) is 4.87. The molecule has 1 aliphatic rings. The van der Waals surface area contributed by atoms with E-state index in [-0.39, 0.29) is 11.9 Å². The lowest BCUT2D eigenvalue weighted by molar-refractivity contribution is 0.0927. The standard InChI is InChI=1S/C12H16N6O/c1-17-7-10(15-16-17)12(19)14-9-4-3-5-11-8(9)6-13-18(11)2/h6-7,9H,3-5H2,1-2H3,(H,14,19). The number of carbonyl (C=O) groups is 1. The number of nitrogens with one attached hydrogen (secondary N) is 1. The Hall–Kier alpha value is -2.18. The van der Waals surface area contributed by atoms with E-state index in [1.165, 1.54) is 10.4 Å². The average molecular weight is 260 g/mol. The van der Waals surface area contributed by atoms with E-state index in [2.05, 4.69) is 20.7 Å². The second-order valence-corrected chi connectivity index (χ2v) is 4.87. The molecule has 100 valence electrons. The first-order valence-electron chi connectivity index (χ1n) is 6.33. The van der Waals surface area contributed by atoms with Gasteiger partial charge in [0, 0.05) is 25.4 Å². The Morgan fingerprint density at radius 1 is 1.47 bits per heavy atom. The second kappa shape index (κ2) is 4.49. The van der Waals surface area contributed by atoms with Crippen molar-refractivity contribution < 1.29 is 4.79 Å². The maximum absolute atomic E-state index is 12.1. The Bertz CT molecular complexity index is 614. The van der Waals surface area contributed by atoms with Crippen LogP contribution in [0.15, 0.2) is 12.4 Å². The predicted octanol–water partition coefficient (Wildman–Crippen LogP) is 0.356. The van der Waals surface area contributed by atoms with E-state index in [1.807, 2.05) is 17.9 Å². The molecule has 1 N–H and O–H groups in total. The number of aromatic nitrogens is 5. The first kappa shape index (κ1) is 11.9. The van der Waals surface area contributed by atoms with Crippen LogP contribution in [0, 0.1) is 0 Å². The third-order valence-electron chi connectivity index (χ3n) is 3.52. The maximum Gasteiger partial charge on any atom is 0.273 e. The number of rotatable bonds is 2. The molecule has 0 saturated carbocycles. The number of nitrogens with zero attached hydrogens (tertiary/aromatic N) is 5. The highest BCUT2D eigenvalue weighted by molar-refractivity contribution is 5.92. The normalized spacial score (nSPS) is 18.1. The van der Waals surface area contributed by atoms with Crippen molar-refractivity contribution in [2.24, 2.45) is 14.1 Å². The van der Waals surface area contributed by atoms with Gasteiger partial charge in [0.1, 0.15) is 0 Å². The van der Waals surface area contributed by atoms with Gasteiger partial charge >= 0.3 is 0 Å². The van der Waals surface area contributed by atoms with Crippen LogP contribution in [-0.2, 0) is 20.5 Å². The highest BCUT2D eigenvalue weighted by atomic mass is 16.2. The Morgan fingerprint density at radius 3 is 3.05 bits per heavy atom. The largest absolute Gasteiger partial charge is 0.344 e. The summed E-state index contributed by atoms with van der Waals surface area (Å²) < 4.78 is 3.40. The van der Waals surface area contributed by atoms with Gasteiger partial charge in [-0.1, -0.05) is 5.21 Å². The smallest absolute Gasteiger partial charge is 0.273 e. The van der Waals surface area contributed by atoms with Crippen molar-refractivity contribution in [3.05, 3.63) is 29.3 Å². The number of fused-ring (bicyclic) bond motifs is 1. The molecule has 0 aromatic carbocycles. The van der Waals surface area contributed by atoms with E-state index in [9.17, 15) is 4.79 Å². The molecule has 1 unspecified atom stereocenters. The molecule has 7 heteroatoms. The van der Waals surface area contributed by atoms with Crippen molar-refractivity contribution in [3.63, 3.8) is 0 Å². The molecule has 2 heterocycles. The number of carbonyl (C=O) groups excluding carboxylic acids is 1. The molecule has 1 atom stereocenters. The van der Waals surface area contributed by atoms with Crippen LogP contribution >= 0.6 is 0 Å². The maximum atomic E-state index is 12.1. The van der Waals surface area contributed by atoms with Crippen molar-refractivity contribution in [2.75, 3.05) is 0 Å². The zero-order valence-electron chi connectivity index (χ0n) is 11.0. The fourth-order valence-electron chi connectivity index (χ4n) is 2.54. The molecular formula is C12H16N6O. The van der Waals surface area contributed by atoms with Gasteiger partial charge in [-0.2, -0.15) is 5.10 Å². The summed E-state index contributed by atoms with van der Waals surface area (Å²) in [7, 11) is 3.68. The molecular weight excluding hydrogens is 244 g/mol. The number of hydrogen-bond donors (Lipinski definition) is 1. The molecule has 0 aliphatic heterocycles. The van der Waals surface area contributed by atoms with Crippen molar-refractivity contribution in [1.29, 1.82) is 0 Å². The molecule has 7 nitrogen and oxygen atoms in total. The Kier molecular flexibility index (Phi) is 2.81. The quantitative estimate of drug-likeness (QED) is 0.845. The van der Waals surface area contributed by atoms with Gasteiger partial charge in [-0.05, 0) is 19.3 Å². The van der Waals surface area contributed by atoms with Crippen LogP contribution in [0.5, 0.6) is 0 Å². The lowest BCUT2D eigenvalue weighted by Gasteiger charge is -2.23. The molecule has 0 fully saturated rings. The van der Waals surface area contributed by atoms with E-state index in [4.69, 9.17) is 0 Å². The van der Waals surface area contributed by atoms with Gasteiger partial charge in [0.05, 0.1) is 18.4 Å². The number of hydrogen-bond acceptors (Lipinski definition) is 4. The highest BCUT2D eigenvalue weighted by Crippen LogP contribution is 2.29. The summed E-state index contributed by atoms with van der Waals surface area (Å²) in [5.74, 6) is -0.185. The van der Waals surface area contributed by atoms with Crippen LogP contribution in [0.25, 0.3) is 0 Å². The minimum absolute atomic E-state index is 0.0203. The predicted molar refractivity (Wildman–Crippen MR) is 67.4 cm³/mol. The molecule has 1 aliphatic carbocycles. The lowest BCUT2D eigenvalue weighted by Crippen LogP contribution is -2.31. The van der Waals surface area contributed by atoms with E-state index >= 15 is 0 Å². The van der Waals surface area contributed by atoms with Crippen LogP contribution in [0.2, 0.25) is 0 Å². The summed E-state index contributed by atoms with van der Waals surface area (Å²) in [6, 6.07) is 0.0203.